The molecule has 1 N–H and O–H groups in total. The number of nitrogens with zero attached hydrogens (tertiary/aromatic N) is 1. The average Bonchev–Trinajstić information content (AvgIpc) is 2.74. The summed E-state index contributed by atoms with van der Waals surface area (Å²) >= 11 is 1.26. The fraction of sp³-hybridized carbons (Fsp3) is 0.600. The Hall–Kier alpha value is -1.14. The molecule has 0 aliphatic carbocycles. The molecular weight excluding hydrogens is 228 g/mol. The minimum atomic E-state index is -0.364. The summed E-state index contributed by atoms with van der Waals surface area (Å²) in [6.07, 6.45) is 1.50. The number of thiazole rings is 1. The summed E-state index contributed by atoms with van der Waals surface area (Å²) in [7, 11) is 3.01. The van der Waals surface area contributed by atoms with E-state index in [0.29, 0.717) is 16.6 Å². The third kappa shape index (κ3) is 3.46. The van der Waals surface area contributed by atoms with Gasteiger partial charge in [-0.25, -0.2) is 9.78 Å². The normalized spacial score (nSPS) is 11.2. The van der Waals surface area contributed by atoms with Crippen molar-refractivity contribution in [2.75, 3.05) is 26.1 Å². The molecule has 0 amide bonds. The largest absolute Gasteiger partial charge is 0.465 e. The molecule has 16 heavy (non-hydrogen) atoms. The van der Waals surface area contributed by atoms with Crippen molar-refractivity contribution in [2.24, 2.45) is 0 Å². The highest BCUT2D eigenvalue weighted by molar-refractivity contribution is 7.17. The highest BCUT2D eigenvalue weighted by Crippen LogP contribution is 2.19. The van der Waals surface area contributed by atoms with E-state index >= 15 is 0 Å². The maximum absolute atomic E-state index is 11.2. The van der Waals surface area contributed by atoms with Gasteiger partial charge in [-0.2, -0.15) is 0 Å². The Bertz CT molecular complexity index is 363. The van der Waals surface area contributed by atoms with Crippen molar-refractivity contribution in [1.29, 1.82) is 0 Å². The first kappa shape index (κ1) is 12.9. The molecule has 0 saturated carbocycles. The maximum Gasteiger partial charge on any atom is 0.349 e. The summed E-state index contributed by atoms with van der Waals surface area (Å²) in [5, 5.41) is 3.80. The number of hydrogen-bond acceptors (Lipinski definition) is 6. The van der Waals surface area contributed by atoms with E-state index in [-0.39, 0.29) is 11.6 Å². The minimum absolute atomic E-state index is 0.267. The van der Waals surface area contributed by atoms with Crippen LogP contribution in [0.3, 0.4) is 0 Å². The van der Waals surface area contributed by atoms with Crippen LogP contribution in [0.2, 0.25) is 0 Å². The number of nitrogens with one attached hydrogen (secondary N) is 1. The molecule has 5 nitrogen and oxygen atoms in total. The molecule has 0 radical (unpaired) electrons. The van der Waals surface area contributed by atoms with E-state index in [9.17, 15) is 4.79 Å². The Balaban J connectivity index is 2.56. The predicted molar refractivity (Wildman–Crippen MR) is 63.0 cm³/mol. The lowest BCUT2D eigenvalue weighted by Crippen LogP contribution is -2.31. The van der Waals surface area contributed by atoms with Gasteiger partial charge in [0.2, 0.25) is 0 Å². The molecular formula is C10H16N2O3S. The van der Waals surface area contributed by atoms with Crippen LogP contribution in [-0.4, -0.2) is 37.3 Å². The Morgan fingerprint density at radius 3 is 2.81 bits per heavy atom. The molecule has 6 heteroatoms. The Morgan fingerprint density at radius 2 is 2.25 bits per heavy atom. The number of methoxy groups -OCH3 is 2. The fourth-order valence-corrected chi connectivity index (χ4v) is 1.64. The van der Waals surface area contributed by atoms with E-state index in [0.717, 1.165) is 0 Å². The molecule has 0 fully saturated rings. The van der Waals surface area contributed by atoms with Crippen molar-refractivity contribution < 1.29 is 14.3 Å². The van der Waals surface area contributed by atoms with Crippen molar-refractivity contribution in [2.45, 2.75) is 19.4 Å². The van der Waals surface area contributed by atoms with E-state index in [1.54, 1.807) is 7.11 Å². The molecule has 0 saturated heterocycles. The summed E-state index contributed by atoms with van der Waals surface area (Å²) in [4.78, 5) is 15.7. The number of aromatic nitrogens is 1. The molecule has 1 rings (SSSR count). The van der Waals surface area contributed by atoms with Crippen LogP contribution in [0, 0.1) is 0 Å². The van der Waals surface area contributed by atoms with Gasteiger partial charge >= 0.3 is 5.97 Å². The summed E-state index contributed by atoms with van der Waals surface area (Å²) in [6, 6.07) is 0. The monoisotopic (exact) mass is 244 g/mol. The molecule has 0 atom stereocenters. The highest BCUT2D eigenvalue weighted by Gasteiger charge is 2.17. The summed E-state index contributed by atoms with van der Waals surface area (Å²) in [5.74, 6) is -0.364. The molecule has 0 spiro atoms. The lowest BCUT2D eigenvalue weighted by molar-refractivity contribution is 0.0343. The SMILES string of the molecule is COC(=O)c1cnc(NCC(C)(C)OC)s1. The number of ether oxygens (including phenoxy) is 2. The predicted octanol–water partition coefficient (Wildman–Crippen LogP) is 1.77. The van der Waals surface area contributed by atoms with Crippen LogP contribution in [0.4, 0.5) is 5.13 Å². The zero-order valence-corrected chi connectivity index (χ0v) is 10.7. The first-order valence-corrected chi connectivity index (χ1v) is 5.63. The van der Waals surface area contributed by atoms with Gasteiger partial charge < -0.3 is 14.8 Å². The number of anilines is 1. The first-order chi connectivity index (χ1) is 7.48. The van der Waals surface area contributed by atoms with Gasteiger partial charge in [-0.05, 0) is 13.8 Å². The lowest BCUT2D eigenvalue weighted by atomic mass is 10.1. The smallest absolute Gasteiger partial charge is 0.349 e. The highest BCUT2D eigenvalue weighted by atomic mass is 32.1. The average molecular weight is 244 g/mol. The number of esters is 1. The van der Waals surface area contributed by atoms with E-state index in [4.69, 9.17) is 4.74 Å². The molecule has 1 heterocycles. The molecule has 0 aliphatic heterocycles. The standard InChI is InChI=1S/C10H16N2O3S/c1-10(2,15-4)6-12-9-11-5-7(16-9)8(13)14-3/h5H,6H2,1-4H3,(H,11,12). The Morgan fingerprint density at radius 1 is 1.56 bits per heavy atom. The van der Waals surface area contributed by atoms with Crippen molar-refractivity contribution in [3.8, 4) is 0 Å². The van der Waals surface area contributed by atoms with Crippen molar-refractivity contribution in [3.63, 3.8) is 0 Å². The van der Waals surface area contributed by atoms with Gasteiger partial charge in [0.25, 0.3) is 0 Å². The summed E-state index contributed by atoms with van der Waals surface area (Å²) in [5.41, 5.74) is -0.267. The second kappa shape index (κ2) is 5.27. The fourth-order valence-electron chi connectivity index (χ4n) is 0.911. The first-order valence-electron chi connectivity index (χ1n) is 4.81. The summed E-state index contributed by atoms with van der Waals surface area (Å²) in [6.45, 7) is 4.56. The molecule has 1 aromatic rings. The van der Waals surface area contributed by atoms with E-state index < -0.39 is 0 Å². The zero-order valence-electron chi connectivity index (χ0n) is 9.86. The topological polar surface area (TPSA) is 60.5 Å². The van der Waals surface area contributed by atoms with Gasteiger partial charge in [-0.1, -0.05) is 11.3 Å². The second-order valence-electron chi connectivity index (χ2n) is 3.84. The number of carbonyl (C=O) groups is 1. The number of rotatable bonds is 5. The van der Waals surface area contributed by atoms with Crippen molar-refractivity contribution in [3.05, 3.63) is 11.1 Å². The Kier molecular flexibility index (Phi) is 4.26. The molecule has 0 aliphatic rings. The quantitative estimate of drug-likeness (QED) is 0.800. The van der Waals surface area contributed by atoms with Crippen LogP contribution < -0.4 is 5.32 Å². The lowest BCUT2D eigenvalue weighted by Gasteiger charge is -2.22. The van der Waals surface area contributed by atoms with Gasteiger partial charge in [-0.15, -0.1) is 0 Å². The third-order valence-electron chi connectivity index (χ3n) is 2.11. The van der Waals surface area contributed by atoms with Gasteiger partial charge in [0.15, 0.2) is 5.13 Å². The second-order valence-corrected chi connectivity index (χ2v) is 4.87. The molecule has 90 valence electrons. The zero-order chi connectivity index (χ0) is 12.2. The van der Waals surface area contributed by atoms with E-state index in [1.807, 2.05) is 13.8 Å². The van der Waals surface area contributed by atoms with Crippen LogP contribution in [0.15, 0.2) is 6.20 Å². The maximum atomic E-state index is 11.2. The van der Waals surface area contributed by atoms with Crippen LogP contribution in [-0.2, 0) is 9.47 Å². The van der Waals surface area contributed by atoms with Crippen LogP contribution >= 0.6 is 11.3 Å². The molecule has 0 aromatic carbocycles. The van der Waals surface area contributed by atoms with Crippen LogP contribution in [0.1, 0.15) is 23.5 Å². The van der Waals surface area contributed by atoms with Gasteiger partial charge in [0, 0.05) is 13.7 Å². The van der Waals surface area contributed by atoms with Crippen molar-refractivity contribution in [1.82, 2.24) is 4.98 Å². The molecule has 1 aromatic heterocycles. The third-order valence-corrected chi connectivity index (χ3v) is 3.05. The van der Waals surface area contributed by atoms with Gasteiger partial charge in [-0.3, -0.25) is 0 Å². The van der Waals surface area contributed by atoms with E-state index in [1.165, 1.54) is 24.6 Å². The number of carbonyl (C=O) groups excluding carboxylic acids is 1. The number of hydrogen-bond donors (Lipinski definition) is 1. The van der Waals surface area contributed by atoms with Crippen LogP contribution in [0.25, 0.3) is 0 Å². The van der Waals surface area contributed by atoms with Gasteiger partial charge in [0.1, 0.15) is 4.88 Å². The van der Waals surface area contributed by atoms with Gasteiger partial charge in [0.05, 0.1) is 18.9 Å². The van der Waals surface area contributed by atoms with Crippen molar-refractivity contribution >= 4 is 22.4 Å². The van der Waals surface area contributed by atoms with E-state index in [2.05, 4.69) is 15.0 Å². The van der Waals surface area contributed by atoms with Crippen LogP contribution in [0.5, 0.6) is 0 Å². The minimum Gasteiger partial charge on any atom is -0.465 e. The molecule has 0 bridgehead atoms. The molecule has 0 unspecified atom stereocenters. The Labute approximate surface area is 98.8 Å². The summed E-state index contributed by atoms with van der Waals surface area (Å²) < 4.78 is 9.85.